The number of anilines is 1. The third-order valence-electron chi connectivity index (χ3n) is 2.31. The maximum Gasteiger partial charge on any atom is 0.131 e. The van der Waals surface area contributed by atoms with Gasteiger partial charge in [0.25, 0.3) is 0 Å². The molecule has 1 aliphatic heterocycles. The van der Waals surface area contributed by atoms with Crippen LogP contribution in [0.5, 0.6) is 0 Å². The average molecular weight is 192 g/mol. The van der Waals surface area contributed by atoms with E-state index >= 15 is 0 Å². The van der Waals surface area contributed by atoms with E-state index in [2.05, 4.69) is 22.9 Å². The van der Waals surface area contributed by atoms with Crippen LogP contribution in [0.25, 0.3) is 0 Å². The van der Waals surface area contributed by atoms with Gasteiger partial charge >= 0.3 is 0 Å². The number of pyridine rings is 1. The standard InChI is InChI=1S/C10H14N2.C2H6/c1-2-7-12-8-5-9-4-3-6-11-10(9)12;1-2/h3-4,6H,2,5,7-8H2,1H3;1-2H3. The lowest BCUT2D eigenvalue weighted by atomic mass is 10.2. The minimum atomic E-state index is 1.14. The summed E-state index contributed by atoms with van der Waals surface area (Å²) in [6.45, 7) is 8.51. The van der Waals surface area contributed by atoms with E-state index in [-0.39, 0.29) is 0 Å². The first-order valence-electron chi connectivity index (χ1n) is 5.60. The highest BCUT2D eigenvalue weighted by molar-refractivity contribution is 5.51. The van der Waals surface area contributed by atoms with Gasteiger partial charge in [0.1, 0.15) is 5.82 Å². The molecule has 1 aromatic rings. The molecule has 2 rings (SSSR count). The quantitative estimate of drug-likeness (QED) is 0.716. The van der Waals surface area contributed by atoms with Crippen molar-refractivity contribution >= 4 is 5.82 Å². The molecule has 0 saturated carbocycles. The maximum atomic E-state index is 4.39. The number of hydrogen-bond acceptors (Lipinski definition) is 2. The van der Waals surface area contributed by atoms with Crippen molar-refractivity contribution in [2.24, 2.45) is 0 Å². The van der Waals surface area contributed by atoms with Gasteiger partial charge in [0.2, 0.25) is 0 Å². The van der Waals surface area contributed by atoms with E-state index in [0.717, 1.165) is 13.1 Å². The highest BCUT2D eigenvalue weighted by Crippen LogP contribution is 2.24. The van der Waals surface area contributed by atoms with Crippen molar-refractivity contribution in [1.29, 1.82) is 0 Å². The number of hydrogen-bond donors (Lipinski definition) is 0. The summed E-state index contributed by atoms with van der Waals surface area (Å²) in [6.07, 6.45) is 4.26. The SMILES string of the molecule is CC.CCCN1CCc2cccnc21. The van der Waals surface area contributed by atoms with Crippen LogP contribution in [0.2, 0.25) is 0 Å². The normalized spacial score (nSPS) is 13.2. The van der Waals surface area contributed by atoms with Gasteiger partial charge in [-0.05, 0) is 24.5 Å². The first-order valence-corrected chi connectivity index (χ1v) is 5.60. The monoisotopic (exact) mass is 192 g/mol. The van der Waals surface area contributed by atoms with Gasteiger partial charge in [-0.3, -0.25) is 0 Å². The molecule has 0 N–H and O–H groups in total. The second kappa shape index (κ2) is 5.63. The molecule has 78 valence electrons. The van der Waals surface area contributed by atoms with Crippen LogP contribution in [0.15, 0.2) is 18.3 Å². The molecule has 0 amide bonds. The molecule has 0 spiro atoms. The fourth-order valence-electron chi connectivity index (χ4n) is 1.76. The van der Waals surface area contributed by atoms with Gasteiger partial charge in [0, 0.05) is 19.3 Å². The van der Waals surface area contributed by atoms with Gasteiger partial charge < -0.3 is 4.90 Å². The molecule has 14 heavy (non-hydrogen) atoms. The van der Waals surface area contributed by atoms with E-state index in [1.54, 1.807) is 0 Å². The molecule has 0 atom stereocenters. The van der Waals surface area contributed by atoms with Crippen molar-refractivity contribution in [2.75, 3.05) is 18.0 Å². The number of nitrogens with zero attached hydrogens (tertiary/aromatic N) is 2. The lowest BCUT2D eigenvalue weighted by Crippen LogP contribution is -2.21. The summed E-state index contributed by atoms with van der Waals surface area (Å²) in [5.41, 5.74) is 1.41. The van der Waals surface area contributed by atoms with Gasteiger partial charge in [-0.15, -0.1) is 0 Å². The Balaban J connectivity index is 0.000000461. The molecule has 0 saturated heterocycles. The predicted molar refractivity (Wildman–Crippen MR) is 61.8 cm³/mol. The van der Waals surface area contributed by atoms with E-state index in [0.29, 0.717) is 0 Å². The van der Waals surface area contributed by atoms with Gasteiger partial charge in [-0.2, -0.15) is 0 Å². The zero-order valence-corrected chi connectivity index (χ0v) is 9.45. The van der Waals surface area contributed by atoms with E-state index in [1.807, 2.05) is 26.1 Å². The van der Waals surface area contributed by atoms with Gasteiger partial charge in [-0.25, -0.2) is 4.98 Å². The van der Waals surface area contributed by atoms with Crippen molar-refractivity contribution < 1.29 is 0 Å². The third kappa shape index (κ3) is 2.25. The largest absolute Gasteiger partial charge is 0.356 e. The Bertz CT molecular complexity index is 269. The van der Waals surface area contributed by atoms with Crippen LogP contribution in [0.4, 0.5) is 5.82 Å². The van der Waals surface area contributed by atoms with Crippen molar-refractivity contribution in [3.05, 3.63) is 23.9 Å². The van der Waals surface area contributed by atoms with E-state index in [1.165, 1.54) is 24.2 Å². The lowest BCUT2D eigenvalue weighted by Gasteiger charge is -2.16. The van der Waals surface area contributed by atoms with Crippen LogP contribution in [-0.4, -0.2) is 18.1 Å². The molecular weight excluding hydrogens is 172 g/mol. The van der Waals surface area contributed by atoms with Crippen molar-refractivity contribution in [3.8, 4) is 0 Å². The topological polar surface area (TPSA) is 16.1 Å². The molecule has 0 radical (unpaired) electrons. The van der Waals surface area contributed by atoms with Gasteiger partial charge in [0.05, 0.1) is 0 Å². The number of fused-ring (bicyclic) bond motifs is 1. The summed E-state index contributed by atoms with van der Waals surface area (Å²) >= 11 is 0. The molecule has 0 fully saturated rings. The summed E-state index contributed by atoms with van der Waals surface area (Å²) < 4.78 is 0. The molecule has 1 aliphatic rings. The summed E-state index contributed by atoms with van der Waals surface area (Å²) in [6, 6.07) is 4.20. The van der Waals surface area contributed by atoms with Crippen molar-refractivity contribution in [2.45, 2.75) is 33.6 Å². The van der Waals surface area contributed by atoms with Gasteiger partial charge in [0.15, 0.2) is 0 Å². The molecule has 2 heteroatoms. The Morgan fingerprint density at radius 3 is 2.93 bits per heavy atom. The van der Waals surface area contributed by atoms with Crippen LogP contribution in [0, 0.1) is 0 Å². The molecule has 2 heterocycles. The Morgan fingerprint density at radius 1 is 1.43 bits per heavy atom. The molecule has 0 aromatic carbocycles. The van der Waals surface area contributed by atoms with E-state index in [4.69, 9.17) is 0 Å². The summed E-state index contributed by atoms with van der Waals surface area (Å²) in [5, 5.41) is 0. The third-order valence-corrected chi connectivity index (χ3v) is 2.31. The zero-order valence-electron chi connectivity index (χ0n) is 9.45. The minimum Gasteiger partial charge on any atom is -0.356 e. The average Bonchev–Trinajstić information content (AvgIpc) is 2.66. The highest BCUT2D eigenvalue weighted by atomic mass is 15.2. The summed E-state index contributed by atoms with van der Waals surface area (Å²) in [4.78, 5) is 6.76. The molecule has 0 unspecified atom stereocenters. The van der Waals surface area contributed by atoms with Crippen LogP contribution in [0.1, 0.15) is 32.8 Å². The first-order chi connectivity index (χ1) is 6.92. The summed E-state index contributed by atoms with van der Waals surface area (Å²) in [7, 11) is 0. The molecule has 0 bridgehead atoms. The van der Waals surface area contributed by atoms with Crippen LogP contribution in [0.3, 0.4) is 0 Å². The second-order valence-corrected chi connectivity index (χ2v) is 3.22. The second-order valence-electron chi connectivity index (χ2n) is 3.22. The predicted octanol–water partition coefficient (Wildman–Crippen LogP) is 2.88. The summed E-state index contributed by atoms with van der Waals surface area (Å²) in [5.74, 6) is 1.21. The molecule has 1 aromatic heterocycles. The van der Waals surface area contributed by atoms with Crippen LogP contribution < -0.4 is 4.90 Å². The Hall–Kier alpha value is -1.05. The fourth-order valence-corrected chi connectivity index (χ4v) is 1.76. The zero-order chi connectivity index (χ0) is 10.4. The molecule has 2 nitrogen and oxygen atoms in total. The smallest absolute Gasteiger partial charge is 0.131 e. The minimum absolute atomic E-state index is 1.14. The van der Waals surface area contributed by atoms with Crippen molar-refractivity contribution in [3.63, 3.8) is 0 Å². The Kier molecular flexibility index (Phi) is 4.44. The van der Waals surface area contributed by atoms with Gasteiger partial charge in [-0.1, -0.05) is 26.8 Å². The van der Waals surface area contributed by atoms with E-state index < -0.39 is 0 Å². The Labute approximate surface area is 87.0 Å². The van der Waals surface area contributed by atoms with Crippen LogP contribution >= 0.6 is 0 Å². The number of rotatable bonds is 2. The highest BCUT2D eigenvalue weighted by Gasteiger charge is 2.18. The lowest BCUT2D eigenvalue weighted by molar-refractivity contribution is 0.788. The fraction of sp³-hybridized carbons (Fsp3) is 0.583. The van der Waals surface area contributed by atoms with E-state index in [9.17, 15) is 0 Å². The molecule has 0 aliphatic carbocycles. The Morgan fingerprint density at radius 2 is 2.21 bits per heavy atom. The maximum absolute atomic E-state index is 4.39. The number of aromatic nitrogens is 1. The van der Waals surface area contributed by atoms with Crippen molar-refractivity contribution in [1.82, 2.24) is 4.98 Å². The first kappa shape index (κ1) is 11.0. The van der Waals surface area contributed by atoms with Crippen LogP contribution in [-0.2, 0) is 6.42 Å². The molecular formula is C12H20N2.